The summed E-state index contributed by atoms with van der Waals surface area (Å²) in [5, 5.41) is 3.82. The lowest BCUT2D eigenvalue weighted by Crippen LogP contribution is -2.38. The van der Waals surface area contributed by atoms with E-state index in [0.717, 1.165) is 18.2 Å². The average Bonchev–Trinajstić information content (AvgIpc) is 2.40. The molecule has 1 N–H and O–H groups in total. The Labute approximate surface area is 122 Å². The molecular weight excluding hydrogens is 309 g/mol. The van der Waals surface area contributed by atoms with Crippen molar-refractivity contribution in [3.63, 3.8) is 0 Å². The highest BCUT2D eigenvalue weighted by molar-refractivity contribution is 9.09. The maximum atomic E-state index is 13.0. The molecule has 19 heavy (non-hydrogen) atoms. The summed E-state index contributed by atoms with van der Waals surface area (Å²) in [6, 6.07) is 4.24. The first kappa shape index (κ1) is 16.2. The van der Waals surface area contributed by atoms with E-state index in [4.69, 9.17) is 0 Å². The fourth-order valence-electron chi connectivity index (χ4n) is 1.98. The van der Waals surface area contributed by atoms with Gasteiger partial charge < -0.3 is 5.32 Å². The first-order valence-corrected chi connectivity index (χ1v) is 7.70. The zero-order valence-electron chi connectivity index (χ0n) is 11.7. The summed E-state index contributed by atoms with van der Waals surface area (Å²) in [4.78, 5) is 12.1. The van der Waals surface area contributed by atoms with Crippen molar-refractivity contribution in [1.29, 1.82) is 0 Å². The lowest BCUT2D eigenvalue weighted by molar-refractivity contribution is 0.0931. The monoisotopic (exact) mass is 329 g/mol. The summed E-state index contributed by atoms with van der Waals surface area (Å²) in [7, 11) is 0. The van der Waals surface area contributed by atoms with Crippen LogP contribution < -0.4 is 5.32 Å². The molecule has 0 bridgehead atoms. The van der Waals surface area contributed by atoms with Crippen LogP contribution in [0.15, 0.2) is 18.2 Å². The van der Waals surface area contributed by atoms with E-state index in [1.807, 2.05) is 0 Å². The number of halogens is 2. The average molecular weight is 330 g/mol. The smallest absolute Gasteiger partial charge is 0.251 e. The first-order chi connectivity index (χ1) is 8.98. The van der Waals surface area contributed by atoms with Gasteiger partial charge in [-0.1, -0.05) is 29.8 Å². The molecule has 4 heteroatoms. The van der Waals surface area contributed by atoms with Crippen LogP contribution in [0.2, 0.25) is 0 Å². The zero-order chi connectivity index (χ0) is 14.5. The van der Waals surface area contributed by atoms with Gasteiger partial charge in [0.05, 0.1) is 0 Å². The van der Waals surface area contributed by atoms with Crippen molar-refractivity contribution in [3.05, 3.63) is 35.1 Å². The molecule has 1 aromatic rings. The fraction of sp³-hybridized carbons (Fsp3) is 0.533. The van der Waals surface area contributed by atoms with Crippen molar-refractivity contribution in [2.75, 3.05) is 11.9 Å². The Morgan fingerprint density at radius 2 is 2.00 bits per heavy atom. The Morgan fingerprint density at radius 3 is 2.47 bits per heavy atom. The van der Waals surface area contributed by atoms with E-state index in [0.29, 0.717) is 17.7 Å². The van der Waals surface area contributed by atoms with Crippen LogP contribution in [0.1, 0.15) is 42.6 Å². The second-order valence-corrected chi connectivity index (χ2v) is 5.54. The third-order valence-corrected chi connectivity index (χ3v) is 5.03. The number of hydrogen-bond donors (Lipinski definition) is 1. The van der Waals surface area contributed by atoms with Crippen molar-refractivity contribution < 1.29 is 9.18 Å². The van der Waals surface area contributed by atoms with Gasteiger partial charge in [0.2, 0.25) is 0 Å². The van der Waals surface area contributed by atoms with Gasteiger partial charge in [-0.3, -0.25) is 4.79 Å². The summed E-state index contributed by atoms with van der Waals surface area (Å²) in [5.74, 6) is -0.448. The van der Waals surface area contributed by atoms with Crippen LogP contribution in [0.5, 0.6) is 0 Å². The number of carbonyl (C=O) groups excluding carboxylic acids is 1. The minimum atomic E-state index is -0.314. The van der Waals surface area contributed by atoms with Gasteiger partial charge >= 0.3 is 0 Å². The van der Waals surface area contributed by atoms with Gasteiger partial charge in [0.25, 0.3) is 5.91 Å². The van der Waals surface area contributed by atoms with E-state index < -0.39 is 0 Å². The highest BCUT2D eigenvalue weighted by Gasteiger charge is 2.25. The lowest BCUT2D eigenvalue weighted by atomic mass is 9.84. The normalized spacial score (nSPS) is 11.4. The van der Waals surface area contributed by atoms with Gasteiger partial charge in [0, 0.05) is 17.4 Å². The van der Waals surface area contributed by atoms with Gasteiger partial charge in [-0.25, -0.2) is 4.39 Å². The minimum absolute atomic E-state index is 0.0869. The number of rotatable bonds is 6. The molecule has 1 aromatic carbocycles. The molecule has 0 atom stereocenters. The van der Waals surface area contributed by atoms with E-state index in [1.165, 1.54) is 18.2 Å². The fourth-order valence-corrected chi connectivity index (χ4v) is 2.97. The first-order valence-electron chi connectivity index (χ1n) is 6.58. The third-order valence-electron chi connectivity index (χ3n) is 3.84. The summed E-state index contributed by atoms with van der Waals surface area (Å²) in [6.07, 6.45) is 1.99. The molecule has 0 heterocycles. The maximum absolute atomic E-state index is 13.0. The summed E-state index contributed by atoms with van der Waals surface area (Å²) in [5.41, 5.74) is 1.29. The quantitative estimate of drug-likeness (QED) is 0.783. The van der Waals surface area contributed by atoms with Crippen LogP contribution >= 0.6 is 15.9 Å². The standard InChI is InChI=1S/C15H21BrFNO/c1-4-15(5-2,9-16)10-18-14(19)13-7-6-12(17)8-11(13)3/h6-8H,4-5,9-10H2,1-3H3,(H,18,19). The molecule has 0 aliphatic carbocycles. The lowest BCUT2D eigenvalue weighted by Gasteiger charge is -2.29. The number of aryl methyl sites for hydroxylation is 1. The van der Waals surface area contributed by atoms with E-state index in [9.17, 15) is 9.18 Å². The van der Waals surface area contributed by atoms with Crippen molar-refractivity contribution in [1.82, 2.24) is 5.32 Å². The van der Waals surface area contributed by atoms with Crippen LogP contribution in [0.4, 0.5) is 4.39 Å². The molecule has 0 saturated heterocycles. The number of amides is 1. The number of alkyl halides is 1. The van der Waals surface area contributed by atoms with Crippen LogP contribution in [0.25, 0.3) is 0 Å². The Morgan fingerprint density at radius 1 is 1.37 bits per heavy atom. The molecule has 1 rings (SSSR count). The Balaban J connectivity index is 2.75. The second kappa shape index (κ2) is 7.04. The predicted molar refractivity (Wildman–Crippen MR) is 80.3 cm³/mol. The summed E-state index contributed by atoms with van der Waals surface area (Å²) < 4.78 is 13.0. The Bertz CT molecular complexity index is 436. The van der Waals surface area contributed by atoms with Crippen molar-refractivity contribution >= 4 is 21.8 Å². The molecular formula is C15H21BrFNO. The van der Waals surface area contributed by atoms with Gasteiger partial charge in [-0.2, -0.15) is 0 Å². The number of carbonyl (C=O) groups is 1. The van der Waals surface area contributed by atoms with Crippen LogP contribution in [0, 0.1) is 18.2 Å². The van der Waals surface area contributed by atoms with Crippen molar-refractivity contribution in [2.24, 2.45) is 5.41 Å². The molecule has 0 fully saturated rings. The van der Waals surface area contributed by atoms with E-state index in [-0.39, 0.29) is 17.1 Å². The molecule has 106 valence electrons. The molecule has 0 unspecified atom stereocenters. The molecule has 0 spiro atoms. The largest absolute Gasteiger partial charge is 0.351 e. The maximum Gasteiger partial charge on any atom is 0.251 e. The third kappa shape index (κ3) is 4.03. The SMILES string of the molecule is CCC(CC)(CBr)CNC(=O)c1ccc(F)cc1C. The molecule has 0 saturated carbocycles. The number of benzene rings is 1. The predicted octanol–water partition coefficient (Wildman–Crippen LogP) is 4.07. The van der Waals surface area contributed by atoms with E-state index in [2.05, 4.69) is 35.1 Å². The molecule has 0 radical (unpaired) electrons. The Hall–Kier alpha value is -0.900. The molecule has 0 aromatic heterocycles. The van der Waals surface area contributed by atoms with Gasteiger partial charge in [-0.15, -0.1) is 0 Å². The summed E-state index contributed by atoms with van der Waals surface area (Å²) >= 11 is 3.52. The van der Waals surface area contributed by atoms with Crippen LogP contribution in [-0.2, 0) is 0 Å². The molecule has 1 amide bonds. The number of nitrogens with one attached hydrogen (secondary N) is 1. The van der Waals surface area contributed by atoms with E-state index >= 15 is 0 Å². The minimum Gasteiger partial charge on any atom is -0.351 e. The van der Waals surface area contributed by atoms with Gasteiger partial charge in [0.1, 0.15) is 5.82 Å². The van der Waals surface area contributed by atoms with Crippen molar-refractivity contribution in [3.8, 4) is 0 Å². The van der Waals surface area contributed by atoms with Crippen molar-refractivity contribution in [2.45, 2.75) is 33.6 Å². The van der Waals surface area contributed by atoms with Crippen LogP contribution in [0.3, 0.4) is 0 Å². The molecule has 0 aliphatic rings. The topological polar surface area (TPSA) is 29.1 Å². The van der Waals surface area contributed by atoms with E-state index in [1.54, 1.807) is 6.92 Å². The number of hydrogen-bond acceptors (Lipinski definition) is 1. The van der Waals surface area contributed by atoms with Crippen LogP contribution in [-0.4, -0.2) is 17.8 Å². The van der Waals surface area contributed by atoms with Gasteiger partial charge in [0.15, 0.2) is 0 Å². The second-order valence-electron chi connectivity index (χ2n) is 4.98. The summed E-state index contributed by atoms with van der Waals surface area (Å²) in [6.45, 7) is 6.62. The highest BCUT2D eigenvalue weighted by Crippen LogP contribution is 2.27. The highest BCUT2D eigenvalue weighted by atomic mass is 79.9. The van der Waals surface area contributed by atoms with Gasteiger partial charge in [-0.05, 0) is 48.9 Å². The molecule has 0 aliphatic heterocycles. The Kier molecular flexibility index (Phi) is 5.98. The zero-order valence-corrected chi connectivity index (χ0v) is 13.3. The molecule has 2 nitrogen and oxygen atoms in total.